The van der Waals surface area contributed by atoms with Crippen LogP contribution in [0.2, 0.25) is 0 Å². The molecule has 1 N–H and O–H groups in total. The summed E-state index contributed by atoms with van der Waals surface area (Å²) in [6, 6.07) is 6.88. The lowest BCUT2D eigenvalue weighted by atomic mass is 10.1. The first-order chi connectivity index (χ1) is 7.10. The van der Waals surface area contributed by atoms with E-state index in [0.717, 1.165) is 6.07 Å². The Balaban J connectivity index is 3.37. The first-order valence-corrected chi connectivity index (χ1v) is 4.58. The number of aliphatic hydroxyl groups is 1. The number of halogens is 2. The third-order valence-electron chi connectivity index (χ3n) is 1.65. The number of nitriles is 2. The third-order valence-corrected chi connectivity index (χ3v) is 2.14. The van der Waals surface area contributed by atoms with Gasteiger partial charge in [0.25, 0.3) is 0 Å². The van der Waals surface area contributed by atoms with Crippen LogP contribution in [0.1, 0.15) is 5.56 Å². The van der Waals surface area contributed by atoms with Crippen molar-refractivity contribution in [3.63, 3.8) is 0 Å². The van der Waals surface area contributed by atoms with Gasteiger partial charge in [-0.15, -0.1) is 0 Å². The first-order valence-electron chi connectivity index (χ1n) is 3.79. The molecule has 0 aliphatic heterocycles. The van der Waals surface area contributed by atoms with Crippen LogP contribution in [0.15, 0.2) is 28.2 Å². The summed E-state index contributed by atoms with van der Waals surface area (Å²) in [5.74, 6) is -1.35. The predicted molar refractivity (Wildman–Crippen MR) is 54.9 cm³/mol. The molecule has 0 unspecified atom stereocenters. The highest BCUT2D eigenvalue weighted by Crippen LogP contribution is 2.22. The Hall–Kier alpha value is -1.85. The molecule has 0 heterocycles. The van der Waals surface area contributed by atoms with Gasteiger partial charge in [0, 0.05) is 4.47 Å². The SMILES string of the molecule is N#CC(C#N)=C(O)c1ccc(Br)cc1F. The van der Waals surface area contributed by atoms with Crippen molar-refractivity contribution >= 4 is 21.7 Å². The summed E-state index contributed by atoms with van der Waals surface area (Å²) in [7, 11) is 0. The van der Waals surface area contributed by atoms with Crippen molar-refractivity contribution in [1.82, 2.24) is 0 Å². The lowest BCUT2D eigenvalue weighted by Gasteiger charge is -2.02. The van der Waals surface area contributed by atoms with Crippen LogP contribution in [0.4, 0.5) is 4.39 Å². The molecule has 15 heavy (non-hydrogen) atoms. The molecule has 0 bridgehead atoms. The van der Waals surface area contributed by atoms with E-state index in [1.807, 2.05) is 0 Å². The Labute approximate surface area is 93.8 Å². The quantitative estimate of drug-likeness (QED) is 0.628. The van der Waals surface area contributed by atoms with Gasteiger partial charge in [-0.05, 0) is 18.2 Å². The molecule has 0 fully saturated rings. The highest BCUT2D eigenvalue weighted by atomic mass is 79.9. The fourth-order valence-corrected chi connectivity index (χ4v) is 1.28. The van der Waals surface area contributed by atoms with Crippen molar-refractivity contribution < 1.29 is 9.50 Å². The molecule has 1 aromatic carbocycles. The van der Waals surface area contributed by atoms with Gasteiger partial charge in [0.05, 0.1) is 5.56 Å². The van der Waals surface area contributed by atoms with E-state index in [-0.39, 0.29) is 5.56 Å². The zero-order chi connectivity index (χ0) is 11.4. The molecule has 5 heteroatoms. The molecule has 0 saturated carbocycles. The van der Waals surface area contributed by atoms with Crippen molar-refractivity contribution in [2.45, 2.75) is 0 Å². The Bertz CT molecular complexity index is 495. The van der Waals surface area contributed by atoms with Crippen molar-refractivity contribution in [2.75, 3.05) is 0 Å². The fraction of sp³-hybridized carbons (Fsp3) is 0. The van der Waals surface area contributed by atoms with Crippen molar-refractivity contribution in [1.29, 1.82) is 10.5 Å². The minimum absolute atomic E-state index is 0.170. The molecule has 0 aliphatic rings. The van der Waals surface area contributed by atoms with E-state index >= 15 is 0 Å². The molecule has 0 aliphatic carbocycles. The number of allylic oxidation sites excluding steroid dienone is 1. The second kappa shape index (κ2) is 4.59. The van der Waals surface area contributed by atoms with E-state index in [0.29, 0.717) is 4.47 Å². The minimum Gasteiger partial charge on any atom is -0.505 e. The van der Waals surface area contributed by atoms with Crippen molar-refractivity contribution in [3.8, 4) is 12.1 Å². The molecular weight excluding hydrogens is 263 g/mol. The maximum atomic E-state index is 13.3. The Morgan fingerprint density at radius 1 is 1.33 bits per heavy atom. The number of nitrogens with zero attached hydrogens (tertiary/aromatic N) is 2. The monoisotopic (exact) mass is 266 g/mol. The van der Waals surface area contributed by atoms with Gasteiger partial charge in [0.1, 0.15) is 18.0 Å². The summed E-state index contributed by atoms with van der Waals surface area (Å²) >= 11 is 3.05. The molecule has 0 spiro atoms. The summed E-state index contributed by atoms with van der Waals surface area (Å²) in [5, 5.41) is 26.4. The zero-order valence-corrected chi connectivity index (χ0v) is 8.92. The Kier molecular flexibility index (Phi) is 3.43. The van der Waals surface area contributed by atoms with E-state index in [9.17, 15) is 9.50 Å². The van der Waals surface area contributed by atoms with Gasteiger partial charge >= 0.3 is 0 Å². The highest BCUT2D eigenvalue weighted by Gasteiger charge is 2.12. The molecule has 74 valence electrons. The molecule has 0 radical (unpaired) electrons. The summed E-state index contributed by atoms with van der Waals surface area (Å²) in [5.41, 5.74) is -0.687. The first kappa shape index (κ1) is 11.2. The average molecular weight is 267 g/mol. The molecule has 1 aromatic rings. The number of rotatable bonds is 1. The van der Waals surface area contributed by atoms with Gasteiger partial charge in [-0.25, -0.2) is 4.39 Å². The maximum absolute atomic E-state index is 13.3. The molecule has 3 nitrogen and oxygen atoms in total. The van der Waals surface area contributed by atoms with Crippen LogP contribution in [-0.2, 0) is 0 Å². The number of benzene rings is 1. The predicted octanol–water partition coefficient (Wildman–Crippen LogP) is 2.90. The molecule has 1 rings (SSSR count). The number of hydrogen-bond acceptors (Lipinski definition) is 3. The van der Waals surface area contributed by atoms with Crippen molar-refractivity contribution in [3.05, 3.63) is 39.6 Å². The van der Waals surface area contributed by atoms with E-state index in [4.69, 9.17) is 10.5 Å². The van der Waals surface area contributed by atoms with E-state index in [1.54, 1.807) is 0 Å². The summed E-state index contributed by atoms with van der Waals surface area (Å²) in [4.78, 5) is 0. The zero-order valence-electron chi connectivity index (χ0n) is 7.33. The minimum atomic E-state index is -0.704. The van der Waals surface area contributed by atoms with Crippen LogP contribution in [0, 0.1) is 28.5 Å². The molecular formula is C10H4BrFN2O. The van der Waals surface area contributed by atoms with Gasteiger partial charge in [-0.1, -0.05) is 15.9 Å². The van der Waals surface area contributed by atoms with Gasteiger partial charge in [-0.3, -0.25) is 0 Å². The number of aliphatic hydroxyl groups excluding tert-OH is 1. The second-order valence-electron chi connectivity index (χ2n) is 2.57. The average Bonchev–Trinajstić information content (AvgIpc) is 2.19. The van der Waals surface area contributed by atoms with Crippen LogP contribution in [0.5, 0.6) is 0 Å². The molecule has 0 aromatic heterocycles. The maximum Gasteiger partial charge on any atom is 0.171 e. The fourth-order valence-electron chi connectivity index (χ4n) is 0.947. The largest absolute Gasteiger partial charge is 0.505 e. The van der Waals surface area contributed by atoms with Gasteiger partial charge in [0.2, 0.25) is 0 Å². The van der Waals surface area contributed by atoms with Crippen LogP contribution in [0.3, 0.4) is 0 Å². The summed E-state index contributed by atoms with van der Waals surface area (Å²) < 4.78 is 13.8. The Morgan fingerprint density at radius 2 is 1.93 bits per heavy atom. The smallest absolute Gasteiger partial charge is 0.171 e. The lowest BCUT2D eigenvalue weighted by molar-refractivity contribution is 0.500. The van der Waals surface area contributed by atoms with E-state index < -0.39 is 17.1 Å². The van der Waals surface area contributed by atoms with Crippen LogP contribution >= 0.6 is 15.9 Å². The Morgan fingerprint density at radius 3 is 2.40 bits per heavy atom. The van der Waals surface area contributed by atoms with Crippen LogP contribution in [0.25, 0.3) is 5.76 Å². The molecule has 0 atom stereocenters. The van der Waals surface area contributed by atoms with Gasteiger partial charge < -0.3 is 5.11 Å². The van der Waals surface area contributed by atoms with Crippen LogP contribution < -0.4 is 0 Å². The summed E-state index contributed by atoms with van der Waals surface area (Å²) in [6.45, 7) is 0. The van der Waals surface area contributed by atoms with Crippen molar-refractivity contribution in [2.24, 2.45) is 0 Å². The number of hydrogen-bond donors (Lipinski definition) is 1. The van der Waals surface area contributed by atoms with Crippen LogP contribution in [-0.4, -0.2) is 5.11 Å². The third kappa shape index (κ3) is 2.34. The lowest BCUT2D eigenvalue weighted by Crippen LogP contribution is -1.92. The van der Waals surface area contributed by atoms with E-state index in [1.165, 1.54) is 24.3 Å². The normalized spacial score (nSPS) is 8.80. The second-order valence-corrected chi connectivity index (χ2v) is 3.49. The van der Waals surface area contributed by atoms with Gasteiger partial charge in [0.15, 0.2) is 11.3 Å². The van der Waals surface area contributed by atoms with Gasteiger partial charge in [-0.2, -0.15) is 10.5 Å². The summed E-state index contributed by atoms with van der Waals surface area (Å²) in [6.07, 6.45) is 0. The highest BCUT2D eigenvalue weighted by molar-refractivity contribution is 9.10. The standard InChI is InChI=1S/C10H4BrFN2O/c11-7-1-2-8(9(12)3-7)10(15)6(4-13)5-14/h1-3,15H. The van der Waals surface area contributed by atoms with E-state index in [2.05, 4.69) is 15.9 Å². The molecule has 0 amide bonds. The topological polar surface area (TPSA) is 67.8 Å². The molecule has 0 saturated heterocycles.